The number of aryl methyl sites for hydroxylation is 1. The quantitative estimate of drug-likeness (QED) is 0.523. The first kappa shape index (κ1) is 23.5. The summed E-state index contributed by atoms with van der Waals surface area (Å²) >= 11 is 0. The van der Waals surface area contributed by atoms with Gasteiger partial charge in [-0.3, -0.25) is 9.78 Å². The van der Waals surface area contributed by atoms with Crippen molar-refractivity contribution in [2.75, 3.05) is 23.3 Å². The maximum absolute atomic E-state index is 12.9. The monoisotopic (exact) mass is 473 g/mol. The average Bonchev–Trinajstić information content (AvgIpc) is 3.12. The van der Waals surface area contributed by atoms with E-state index in [1.165, 1.54) is 12.1 Å². The summed E-state index contributed by atoms with van der Waals surface area (Å²) < 4.78 is 40.8. The topological polar surface area (TPSA) is 94.9 Å². The lowest BCUT2D eigenvalue weighted by atomic mass is 10.0. The maximum atomic E-state index is 12.9. The lowest BCUT2D eigenvalue weighted by molar-refractivity contribution is -0.274. The second-order valence-corrected chi connectivity index (χ2v) is 7.99. The van der Waals surface area contributed by atoms with Crippen molar-refractivity contribution in [1.82, 2.24) is 4.98 Å². The van der Waals surface area contributed by atoms with Crippen LogP contribution in [-0.2, 0) is 0 Å². The number of carbonyl (C=O) groups excluding carboxylic acids is 1. The van der Waals surface area contributed by atoms with Gasteiger partial charge in [0.05, 0.1) is 12.2 Å². The molecule has 7 nitrogen and oxygen atoms in total. The van der Waals surface area contributed by atoms with Gasteiger partial charge in [-0.25, -0.2) is 0 Å². The largest absolute Gasteiger partial charge is 0.573 e. The Labute approximate surface area is 193 Å². The van der Waals surface area contributed by atoms with Crippen molar-refractivity contribution in [2.24, 2.45) is 0 Å². The molecule has 0 aliphatic carbocycles. The molecule has 2 atom stereocenters. The van der Waals surface area contributed by atoms with Crippen molar-refractivity contribution in [3.05, 3.63) is 72.1 Å². The number of aromatic nitrogens is 1. The lowest BCUT2D eigenvalue weighted by Crippen LogP contribution is -2.22. The van der Waals surface area contributed by atoms with Crippen LogP contribution in [0.25, 0.3) is 11.1 Å². The molecule has 1 saturated heterocycles. The molecule has 0 spiro atoms. The zero-order chi connectivity index (χ0) is 24.5. The zero-order valence-corrected chi connectivity index (χ0v) is 18.1. The van der Waals surface area contributed by atoms with Gasteiger partial charge in [-0.05, 0) is 55.5 Å². The van der Waals surface area contributed by atoms with Crippen LogP contribution in [0.4, 0.5) is 24.5 Å². The fourth-order valence-corrected chi connectivity index (χ4v) is 3.72. The third-order valence-electron chi connectivity index (χ3n) is 5.43. The first-order valence-electron chi connectivity index (χ1n) is 10.4. The van der Waals surface area contributed by atoms with E-state index in [2.05, 4.69) is 15.0 Å². The highest BCUT2D eigenvalue weighted by Gasteiger charge is 2.32. The summed E-state index contributed by atoms with van der Waals surface area (Å²) in [5, 5.41) is 22.6. The van der Waals surface area contributed by atoms with E-state index in [9.17, 15) is 28.2 Å². The van der Waals surface area contributed by atoms with Crippen molar-refractivity contribution in [3.8, 4) is 16.9 Å². The van der Waals surface area contributed by atoms with E-state index in [0.29, 0.717) is 16.8 Å². The number of aliphatic hydroxyl groups is 2. The SMILES string of the molecule is Cc1ccc(-c2cc(C(=O)Nc3ccc(OC(F)(F)F)cc3)ccc2N2C[C@H](O)[C@@H](O)C2)cn1. The van der Waals surface area contributed by atoms with Gasteiger partial charge in [0.2, 0.25) is 0 Å². The Kier molecular flexibility index (Phi) is 6.45. The van der Waals surface area contributed by atoms with Gasteiger partial charge >= 0.3 is 6.36 Å². The number of rotatable bonds is 5. The van der Waals surface area contributed by atoms with Crippen LogP contribution in [0.1, 0.15) is 16.1 Å². The van der Waals surface area contributed by atoms with Gasteiger partial charge in [0.25, 0.3) is 5.91 Å². The molecule has 0 bridgehead atoms. The number of nitrogens with one attached hydrogen (secondary N) is 1. The number of amides is 1. The molecule has 1 aromatic heterocycles. The summed E-state index contributed by atoms with van der Waals surface area (Å²) in [6.45, 7) is 2.34. The van der Waals surface area contributed by atoms with Gasteiger partial charge in [-0.2, -0.15) is 0 Å². The van der Waals surface area contributed by atoms with Crippen molar-refractivity contribution in [3.63, 3.8) is 0 Å². The van der Waals surface area contributed by atoms with Crippen LogP contribution in [0.2, 0.25) is 0 Å². The van der Waals surface area contributed by atoms with Crippen molar-refractivity contribution < 1.29 is 32.9 Å². The van der Waals surface area contributed by atoms with Crippen molar-refractivity contribution in [1.29, 1.82) is 0 Å². The first-order valence-corrected chi connectivity index (χ1v) is 10.4. The predicted molar refractivity (Wildman–Crippen MR) is 120 cm³/mol. The number of pyridine rings is 1. The highest BCUT2D eigenvalue weighted by molar-refractivity contribution is 6.05. The Hall–Kier alpha value is -3.63. The lowest BCUT2D eigenvalue weighted by Gasteiger charge is -2.22. The molecule has 10 heteroatoms. The molecule has 2 aromatic carbocycles. The molecular weight excluding hydrogens is 451 g/mol. The van der Waals surface area contributed by atoms with Crippen LogP contribution in [-0.4, -0.2) is 52.8 Å². The van der Waals surface area contributed by atoms with Gasteiger partial charge in [-0.15, -0.1) is 13.2 Å². The molecular formula is C24H22F3N3O4. The molecule has 0 saturated carbocycles. The molecule has 0 radical (unpaired) electrons. The van der Waals surface area contributed by atoms with E-state index in [-0.39, 0.29) is 18.8 Å². The molecule has 34 heavy (non-hydrogen) atoms. The Morgan fingerprint density at radius 2 is 1.74 bits per heavy atom. The second-order valence-electron chi connectivity index (χ2n) is 7.99. The molecule has 4 rings (SSSR count). The van der Waals surface area contributed by atoms with Crippen LogP contribution in [0.3, 0.4) is 0 Å². The Morgan fingerprint density at radius 1 is 1.06 bits per heavy atom. The predicted octanol–water partition coefficient (Wildman–Crippen LogP) is 3.75. The number of alkyl halides is 3. The summed E-state index contributed by atoms with van der Waals surface area (Å²) in [7, 11) is 0. The molecule has 1 aliphatic heterocycles. The molecule has 3 aromatic rings. The number of nitrogens with zero attached hydrogens (tertiary/aromatic N) is 2. The Balaban J connectivity index is 1.60. The van der Waals surface area contributed by atoms with Gasteiger partial charge in [-0.1, -0.05) is 6.07 Å². The molecule has 3 N–H and O–H groups in total. The number of β-amino-alcohol motifs (C(OH)–C–C–N with tert-alkyl or cyclic N) is 2. The summed E-state index contributed by atoms with van der Waals surface area (Å²) in [5.74, 6) is -0.849. The van der Waals surface area contributed by atoms with Gasteiger partial charge < -0.3 is 25.2 Å². The standard InChI is InChI=1S/C24H22F3N3O4/c1-14-2-3-16(11-28-14)19-10-15(4-9-20(19)30-12-21(31)22(32)13-30)23(33)29-17-5-7-18(8-6-17)34-24(25,26)27/h2-11,21-22,31-32H,12-13H2,1H3,(H,29,33)/t21-,22-/m0/s1. The maximum Gasteiger partial charge on any atom is 0.573 e. The van der Waals surface area contributed by atoms with E-state index in [4.69, 9.17) is 0 Å². The number of hydrogen-bond donors (Lipinski definition) is 3. The molecule has 0 unspecified atom stereocenters. The average molecular weight is 473 g/mol. The number of anilines is 2. The van der Waals surface area contributed by atoms with Crippen LogP contribution in [0, 0.1) is 6.92 Å². The van der Waals surface area contributed by atoms with Gasteiger partial charge in [0.15, 0.2) is 0 Å². The summed E-state index contributed by atoms with van der Waals surface area (Å²) in [5.41, 5.74) is 3.61. The van der Waals surface area contributed by atoms with Gasteiger partial charge in [0, 0.05) is 53.0 Å². The number of benzene rings is 2. The van der Waals surface area contributed by atoms with Gasteiger partial charge in [0.1, 0.15) is 5.75 Å². The minimum Gasteiger partial charge on any atom is -0.406 e. The highest BCUT2D eigenvalue weighted by atomic mass is 19.4. The van der Waals surface area contributed by atoms with E-state index >= 15 is 0 Å². The fraction of sp³-hybridized carbons (Fsp3) is 0.250. The van der Waals surface area contributed by atoms with Crippen LogP contribution < -0.4 is 15.0 Å². The summed E-state index contributed by atoms with van der Waals surface area (Å²) in [6, 6.07) is 13.6. The van der Waals surface area contributed by atoms with Crippen LogP contribution in [0.15, 0.2) is 60.8 Å². The fourth-order valence-electron chi connectivity index (χ4n) is 3.72. The Bertz CT molecular complexity index is 1160. The third-order valence-corrected chi connectivity index (χ3v) is 5.43. The molecule has 1 fully saturated rings. The number of ether oxygens (including phenoxy) is 1. The van der Waals surface area contributed by atoms with E-state index in [1.807, 2.05) is 24.0 Å². The van der Waals surface area contributed by atoms with E-state index in [0.717, 1.165) is 29.1 Å². The minimum atomic E-state index is -4.80. The number of halogens is 3. The number of hydrogen-bond acceptors (Lipinski definition) is 6. The summed E-state index contributed by atoms with van der Waals surface area (Å²) in [4.78, 5) is 19.0. The van der Waals surface area contributed by atoms with Crippen LogP contribution >= 0.6 is 0 Å². The number of carbonyl (C=O) groups is 1. The van der Waals surface area contributed by atoms with Crippen molar-refractivity contribution in [2.45, 2.75) is 25.5 Å². The Morgan fingerprint density at radius 3 is 2.32 bits per heavy atom. The first-order chi connectivity index (χ1) is 16.1. The normalized spacial score (nSPS) is 18.1. The third kappa shape index (κ3) is 5.46. The highest BCUT2D eigenvalue weighted by Crippen LogP contribution is 2.34. The van der Waals surface area contributed by atoms with Crippen LogP contribution in [0.5, 0.6) is 5.75 Å². The molecule has 1 amide bonds. The molecule has 178 valence electrons. The van der Waals surface area contributed by atoms with E-state index < -0.39 is 24.5 Å². The van der Waals surface area contributed by atoms with E-state index in [1.54, 1.807) is 24.4 Å². The summed E-state index contributed by atoms with van der Waals surface area (Å²) in [6.07, 6.45) is -4.87. The molecule has 1 aliphatic rings. The minimum absolute atomic E-state index is 0.241. The zero-order valence-electron chi connectivity index (χ0n) is 18.1. The molecule has 2 heterocycles. The van der Waals surface area contributed by atoms with Crippen molar-refractivity contribution >= 4 is 17.3 Å². The number of aliphatic hydroxyl groups excluding tert-OH is 2. The smallest absolute Gasteiger partial charge is 0.406 e. The second kappa shape index (κ2) is 9.32.